The van der Waals surface area contributed by atoms with Crippen LogP contribution >= 0.6 is 11.8 Å². The van der Waals surface area contributed by atoms with Gasteiger partial charge >= 0.3 is 0 Å². The number of imide groups is 1. The molecule has 1 saturated heterocycles. The molecule has 3 amide bonds. The Labute approximate surface area is 238 Å². The monoisotopic (exact) mass is 577 g/mol. The number of carbonyl (C=O) groups is 3. The molecule has 210 valence electrons. The topological polar surface area (TPSA) is 147 Å². The first kappa shape index (κ1) is 27.5. The number of nitrogens with one attached hydrogen (secondary N) is 1. The number of fused-ring (bicyclic) bond motifs is 1. The van der Waals surface area contributed by atoms with Gasteiger partial charge in [0.05, 0.1) is 16.4 Å². The van der Waals surface area contributed by atoms with Gasteiger partial charge in [-0.3, -0.25) is 29.4 Å². The molecule has 13 heteroatoms. The van der Waals surface area contributed by atoms with Gasteiger partial charge in [0.15, 0.2) is 23.0 Å². The van der Waals surface area contributed by atoms with Gasteiger partial charge in [-0.05, 0) is 60.2 Å². The zero-order valence-electron chi connectivity index (χ0n) is 21.7. The highest BCUT2D eigenvalue weighted by Gasteiger charge is 2.36. The Morgan fingerprint density at radius 2 is 1.90 bits per heavy atom. The molecule has 2 aliphatic rings. The lowest BCUT2D eigenvalue weighted by molar-refractivity contribution is -0.384. The number of hydrogen-bond donors (Lipinski definition) is 1. The fourth-order valence-electron chi connectivity index (χ4n) is 4.03. The first-order valence-electron chi connectivity index (χ1n) is 12.4. The molecule has 0 aromatic heterocycles. The third kappa shape index (κ3) is 6.41. The average Bonchev–Trinajstić information content (AvgIpc) is 3.52. The SMILES string of the molecule is CCOc1cc(/C=C2/SC(=O)N(CC(=O)Nc3ccc4c(c3)OCO4)C2=O)ccc1OCc1cccc([N+](=O)[O-])c1. The highest BCUT2D eigenvalue weighted by molar-refractivity contribution is 8.18. The summed E-state index contributed by atoms with van der Waals surface area (Å²) >= 11 is 0.731. The van der Waals surface area contributed by atoms with Crippen LogP contribution < -0.4 is 24.3 Å². The highest BCUT2D eigenvalue weighted by atomic mass is 32.2. The summed E-state index contributed by atoms with van der Waals surface area (Å²) in [5.41, 5.74) is 1.59. The fourth-order valence-corrected chi connectivity index (χ4v) is 4.87. The van der Waals surface area contributed by atoms with Crippen LogP contribution in [0.25, 0.3) is 6.08 Å². The van der Waals surface area contributed by atoms with Gasteiger partial charge in [0.25, 0.3) is 16.8 Å². The zero-order chi connectivity index (χ0) is 28.9. The molecular formula is C28H23N3O9S. The molecule has 2 aliphatic heterocycles. The molecule has 3 aromatic carbocycles. The molecule has 12 nitrogen and oxygen atoms in total. The predicted molar refractivity (Wildman–Crippen MR) is 149 cm³/mol. The van der Waals surface area contributed by atoms with E-state index in [0.717, 1.165) is 16.7 Å². The van der Waals surface area contributed by atoms with Crippen LogP contribution in [0.3, 0.4) is 0 Å². The van der Waals surface area contributed by atoms with Crippen molar-refractivity contribution in [1.29, 1.82) is 0 Å². The van der Waals surface area contributed by atoms with Crippen LogP contribution in [-0.2, 0) is 16.2 Å². The molecule has 0 atom stereocenters. The Hall–Kier alpha value is -5.04. The number of hydrogen-bond acceptors (Lipinski definition) is 10. The zero-order valence-corrected chi connectivity index (χ0v) is 22.5. The summed E-state index contributed by atoms with van der Waals surface area (Å²) in [7, 11) is 0. The number of thioether (sulfide) groups is 1. The number of nitro benzene ring substituents is 1. The number of benzene rings is 3. The van der Waals surface area contributed by atoms with Crippen molar-refractivity contribution in [2.45, 2.75) is 13.5 Å². The van der Waals surface area contributed by atoms with E-state index in [1.165, 1.54) is 18.2 Å². The Morgan fingerprint density at radius 3 is 2.71 bits per heavy atom. The molecule has 1 fully saturated rings. The summed E-state index contributed by atoms with van der Waals surface area (Å²) in [6.45, 7) is 1.86. The molecule has 0 bridgehead atoms. The molecular weight excluding hydrogens is 554 g/mol. The van der Waals surface area contributed by atoms with E-state index in [1.807, 2.05) is 0 Å². The lowest BCUT2D eigenvalue weighted by Crippen LogP contribution is -2.36. The van der Waals surface area contributed by atoms with Gasteiger partial charge in [0.2, 0.25) is 12.7 Å². The van der Waals surface area contributed by atoms with Gasteiger partial charge in [0, 0.05) is 23.9 Å². The minimum atomic E-state index is -0.593. The average molecular weight is 578 g/mol. The van der Waals surface area contributed by atoms with Gasteiger partial charge < -0.3 is 24.3 Å². The second-order valence-electron chi connectivity index (χ2n) is 8.74. The largest absolute Gasteiger partial charge is 0.490 e. The third-order valence-corrected chi connectivity index (χ3v) is 6.82. The lowest BCUT2D eigenvalue weighted by atomic mass is 10.1. The quantitative estimate of drug-likeness (QED) is 0.199. The molecule has 2 heterocycles. The van der Waals surface area contributed by atoms with Crippen molar-refractivity contribution in [1.82, 2.24) is 4.90 Å². The van der Waals surface area contributed by atoms with Crippen molar-refractivity contribution < 1.29 is 38.3 Å². The third-order valence-electron chi connectivity index (χ3n) is 5.91. The Balaban J connectivity index is 1.25. The molecule has 41 heavy (non-hydrogen) atoms. The summed E-state index contributed by atoms with van der Waals surface area (Å²) in [6, 6.07) is 16.0. The first-order valence-corrected chi connectivity index (χ1v) is 13.2. The van der Waals surface area contributed by atoms with Crippen molar-refractivity contribution in [3.8, 4) is 23.0 Å². The van der Waals surface area contributed by atoms with Crippen LogP contribution in [0.5, 0.6) is 23.0 Å². The molecule has 0 radical (unpaired) electrons. The van der Waals surface area contributed by atoms with E-state index in [-0.39, 0.29) is 24.0 Å². The second-order valence-corrected chi connectivity index (χ2v) is 9.73. The number of ether oxygens (including phenoxy) is 4. The predicted octanol–water partition coefficient (Wildman–Crippen LogP) is 4.98. The van der Waals surface area contributed by atoms with E-state index in [4.69, 9.17) is 18.9 Å². The smallest absolute Gasteiger partial charge is 0.294 e. The van der Waals surface area contributed by atoms with Crippen molar-refractivity contribution in [3.05, 3.63) is 86.8 Å². The number of carbonyl (C=O) groups excluding carboxylic acids is 3. The minimum absolute atomic E-state index is 0.0363. The summed E-state index contributed by atoms with van der Waals surface area (Å²) in [6.07, 6.45) is 1.54. The molecule has 5 rings (SSSR count). The molecule has 0 saturated carbocycles. The van der Waals surface area contributed by atoms with E-state index < -0.39 is 28.5 Å². The van der Waals surface area contributed by atoms with E-state index >= 15 is 0 Å². The van der Waals surface area contributed by atoms with E-state index in [0.29, 0.717) is 46.4 Å². The van der Waals surface area contributed by atoms with Crippen molar-refractivity contribution >= 4 is 46.3 Å². The standard InChI is InChI=1S/C28H23N3O9S/c1-2-37-23-11-17(6-8-21(23)38-15-18-4-3-5-20(10-18)31(35)36)12-25-27(33)30(28(34)41-25)14-26(32)29-19-7-9-22-24(13-19)40-16-39-22/h3-13H,2,14-16H2,1H3,(H,29,32)/b25-12+. The number of nitrogens with zero attached hydrogens (tertiary/aromatic N) is 2. The molecule has 0 spiro atoms. The number of rotatable bonds is 10. The van der Waals surface area contributed by atoms with Gasteiger partial charge in [0.1, 0.15) is 13.2 Å². The van der Waals surface area contributed by atoms with Gasteiger partial charge in [-0.1, -0.05) is 18.2 Å². The van der Waals surface area contributed by atoms with Gasteiger partial charge in [-0.2, -0.15) is 0 Å². The summed E-state index contributed by atoms with van der Waals surface area (Å²) in [5.74, 6) is 0.719. The Morgan fingerprint density at radius 1 is 1.07 bits per heavy atom. The van der Waals surface area contributed by atoms with Crippen molar-refractivity contribution in [2.24, 2.45) is 0 Å². The summed E-state index contributed by atoms with van der Waals surface area (Å²) in [4.78, 5) is 49.7. The molecule has 1 N–H and O–H groups in total. The Bertz CT molecular complexity index is 1570. The van der Waals surface area contributed by atoms with E-state index in [2.05, 4.69) is 5.32 Å². The normalized spacial score (nSPS) is 14.9. The van der Waals surface area contributed by atoms with Crippen LogP contribution in [0, 0.1) is 10.1 Å². The number of amides is 3. The van der Waals surface area contributed by atoms with Crippen LogP contribution in [0.4, 0.5) is 16.2 Å². The van der Waals surface area contributed by atoms with Crippen LogP contribution in [-0.4, -0.2) is 46.8 Å². The number of nitro groups is 1. The van der Waals surface area contributed by atoms with Gasteiger partial charge in [-0.25, -0.2) is 0 Å². The van der Waals surface area contributed by atoms with Crippen LogP contribution in [0.15, 0.2) is 65.6 Å². The maximum Gasteiger partial charge on any atom is 0.294 e. The van der Waals surface area contributed by atoms with Crippen molar-refractivity contribution in [2.75, 3.05) is 25.3 Å². The van der Waals surface area contributed by atoms with Crippen LogP contribution in [0.1, 0.15) is 18.1 Å². The minimum Gasteiger partial charge on any atom is -0.490 e. The van der Waals surface area contributed by atoms with Crippen molar-refractivity contribution in [3.63, 3.8) is 0 Å². The molecule has 3 aromatic rings. The molecule has 0 unspecified atom stereocenters. The second kappa shape index (κ2) is 12.0. The summed E-state index contributed by atoms with van der Waals surface area (Å²) < 4.78 is 22.1. The maximum absolute atomic E-state index is 13.0. The Kier molecular flexibility index (Phi) is 8.06. The number of non-ortho nitro benzene ring substituents is 1. The summed E-state index contributed by atoms with van der Waals surface area (Å²) in [5, 5.41) is 13.1. The van der Waals surface area contributed by atoms with E-state index in [1.54, 1.807) is 55.5 Å². The van der Waals surface area contributed by atoms with Crippen LogP contribution in [0.2, 0.25) is 0 Å². The lowest BCUT2D eigenvalue weighted by Gasteiger charge is -2.13. The number of anilines is 1. The molecule has 0 aliphatic carbocycles. The fraction of sp³-hybridized carbons (Fsp3) is 0.179. The maximum atomic E-state index is 13.0. The first-order chi connectivity index (χ1) is 19.8. The van der Waals surface area contributed by atoms with Gasteiger partial charge in [-0.15, -0.1) is 0 Å². The highest BCUT2D eigenvalue weighted by Crippen LogP contribution is 2.36. The van der Waals surface area contributed by atoms with E-state index in [9.17, 15) is 24.5 Å².